The minimum absolute atomic E-state index is 0.00141. The quantitative estimate of drug-likeness (QED) is 0.167. The number of rotatable bonds is 9. The van der Waals surface area contributed by atoms with Crippen LogP contribution in [0.2, 0.25) is 0 Å². The molecule has 3 N–H and O–H groups in total. The van der Waals surface area contributed by atoms with Gasteiger partial charge in [-0.25, -0.2) is 9.36 Å². The Balaban J connectivity index is 1.50. The van der Waals surface area contributed by atoms with Gasteiger partial charge in [-0.2, -0.15) is 8.42 Å². The van der Waals surface area contributed by atoms with Gasteiger partial charge >= 0.3 is 11.9 Å². The number of pyridine rings is 1. The lowest BCUT2D eigenvalue weighted by Gasteiger charge is -2.49. The summed E-state index contributed by atoms with van der Waals surface area (Å²) < 4.78 is 41.0. The smallest absolute Gasteiger partial charge is 0.352 e. The van der Waals surface area contributed by atoms with Crippen LogP contribution in [0.3, 0.4) is 0 Å². The number of ether oxygens (including phenoxy) is 1. The van der Waals surface area contributed by atoms with Gasteiger partial charge in [0.05, 0.1) is 0 Å². The van der Waals surface area contributed by atoms with Crippen molar-refractivity contribution < 1.29 is 46.6 Å². The highest BCUT2D eigenvalue weighted by atomic mass is 32.2. The Morgan fingerprint density at radius 1 is 1.18 bits per heavy atom. The molecule has 0 aliphatic carbocycles. The molecule has 2 aliphatic rings. The standard InChI is InChI=1S/C24H23N3O9S2/c1-14(28)36-12-17-13-37-23-18(22(30)27(23)19(17)24(31)32)25-21(29)20(38(33,34)35)16-7-5-15(6-8-16)11-26-9-3-2-4-10-26/h2-10,18,20,23H,11-13H2,1H3,(H2-,25,29,31,32,33,34,35)/p+1. The number of esters is 1. The number of hydrogen-bond donors (Lipinski definition) is 3. The molecule has 3 unspecified atom stereocenters. The first-order valence-corrected chi connectivity index (χ1v) is 13.9. The first-order chi connectivity index (χ1) is 18.0. The molecule has 1 fully saturated rings. The second-order valence-corrected chi connectivity index (χ2v) is 11.2. The van der Waals surface area contributed by atoms with E-state index in [0.717, 1.165) is 22.2 Å². The number of fused-ring (bicyclic) bond motifs is 1. The molecule has 3 heterocycles. The molecule has 0 spiro atoms. The monoisotopic (exact) mass is 562 g/mol. The largest absolute Gasteiger partial charge is 0.477 e. The molecule has 1 aromatic heterocycles. The maximum atomic E-state index is 13.0. The predicted octanol–water partition coefficient (Wildman–Crippen LogP) is 0.253. The highest BCUT2D eigenvalue weighted by Crippen LogP contribution is 2.40. The van der Waals surface area contributed by atoms with Gasteiger partial charge in [0.15, 0.2) is 24.2 Å². The fourth-order valence-electron chi connectivity index (χ4n) is 4.22. The number of benzene rings is 1. The number of nitrogens with one attached hydrogen (secondary N) is 1. The number of carbonyl (C=O) groups excluding carboxylic acids is 3. The maximum absolute atomic E-state index is 13.0. The van der Waals surface area contributed by atoms with Gasteiger partial charge in [-0.15, -0.1) is 11.8 Å². The zero-order valence-corrected chi connectivity index (χ0v) is 21.6. The first kappa shape index (κ1) is 27.3. The van der Waals surface area contributed by atoms with E-state index in [2.05, 4.69) is 5.32 Å². The first-order valence-electron chi connectivity index (χ1n) is 11.3. The van der Waals surface area contributed by atoms with E-state index in [4.69, 9.17) is 4.74 Å². The lowest BCUT2D eigenvalue weighted by Crippen LogP contribution is -2.71. The summed E-state index contributed by atoms with van der Waals surface area (Å²) in [4.78, 5) is 49.8. The van der Waals surface area contributed by atoms with E-state index in [1.807, 2.05) is 35.2 Å². The number of nitrogens with zero attached hydrogens (tertiary/aromatic N) is 2. The summed E-state index contributed by atoms with van der Waals surface area (Å²) in [6.07, 6.45) is 3.71. The maximum Gasteiger partial charge on any atom is 0.352 e. The molecule has 3 atom stereocenters. The van der Waals surface area contributed by atoms with Crippen molar-refractivity contribution in [3.05, 3.63) is 77.3 Å². The highest BCUT2D eigenvalue weighted by Gasteiger charge is 2.55. The van der Waals surface area contributed by atoms with E-state index in [1.165, 1.54) is 19.1 Å². The normalized spacial score (nSPS) is 19.7. The van der Waals surface area contributed by atoms with Crippen LogP contribution in [0.5, 0.6) is 0 Å². The second kappa shape index (κ2) is 10.9. The highest BCUT2D eigenvalue weighted by molar-refractivity contribution is 8.00. The van der Waals surface area contributed by atoms with E-state index in [1.54, 1.807) is 12.1 Å². The summed E-state index contributed by atoms with van der Waals surface area (Å²) in [7, 11) is -4.91. The zero-order valence-electron chi connectivity index (χ0n) is 20.0. The Morgan fingerprint density at radius 3 is 2.42 bits per heavy atom. The molecule has 1 saturated heterocycles. The van der Waals surface area contributed by atoms with Crippen LogP contribution >= 0.6 is 11.8 Å². The lowest BCUT2D eigenvalue weighted by molar-refractivity contribution is -0.688. The van der Waals surface area contributed by atoms with Crippen molar-refractivity contribution in [3.63, 3.8) is 0 Å². The number of thioether (sulfide) groups is 1. The van der Waals surface area contributed by atoms with Crippen molar-refractivity contribution in [2.45, 2.75) is 30.1 Å². The molecule has 1 aromatic carbocycles. The van der Waals surface area contributed by atoms with Crippen molar-refractivity contribution in [1.29, 1.82) is 0 Å². The number of carboxylic acids is 1. The summed E-state index contributed by atoms with van der Waals surface area (Å²) in [6.45, 7) is 1.36. The fourth-order valence-corrected chi connectivity index (χ4v) is 6.39. The molecular weight excluding hydrogens is 538 g/mol. The zero-order chi connectivity index (χ0) is 27.6. The van der Waals surface area contributed by atoms with E-state index < -0.39 is 50.5 Å². The molecule has 0 saturated carbocycles. The summed E-state index contributed by atoms with van der Waals surface area (Å²) in [6, 6.07) is 10.4. The third kappa shape index (κ3) is 5.71. The summed E-state index contributed by atoms with van der Waals surface area (Å²) in [5, 5.41) is 9.18. The van der Waals surface area contributed by atoms with E-state index in [0.29, 0.717) is 6.54 Å². The van der Waals surface area contributed by atoms with E-state index in [9.17, 15) is 37.3 Å². The van der Waals surface area contributed by atoms with Crippen LogP contribution in [0, 0.1) is 0 Å². The van der Waals surface area contributed by atoms with E-state index >= 15 is 0 Å². The van der Waals surface area contributed by atoms with Gasteiger partial charge in [-0.05, 0) is 5.56 Å². The number of carbonyl (C=O) groups is 4. The number of aliphatic carboxylic acids is 1. The number of carboxylic acid groups (broad SMARTS) is 1. The Morgan fingerprint density at radius 2 is 1.84 bits per heavy atom. The van der Waals surface area contributed by atoms with Gasteiger partial charge in [-0.3, -0.25) is 23.8 Å². The van der Waals surface area contributed by atoms with Crippen LogP contribution in [-0.2, 0) is 40.6 Å². The van der Waals surface area contributed by atoms with Gasteiger partial charge in [0.25, 0.3) is 16.0 Å². The van der Waals surface area contributed by atoms with Gasteiger partial charge in [-0.1, -0.05) is 30.3 Å². The summed E-state index contributed by atoms with van der Waals surface area (Å²) >= 11 is 1.13. The minimum Gasteiger partial charge on any atom is -0.477 e. The topological polar surface area (TPSA) is 171 Å². The molecule has 200 valence electrons. The molecule has 4 rings (SSSR count). The SMILES string of the molecule is CC(=O)OCC1=C(C(=O)O)N2C(=O)C(NC(=O)C(c3ccc(C[n+]4ccccc4)cc3)S(=O)(=O)O)C2SC1. The number of aromatic nitrogens is 1. The second-order valence-electron chi connectivity index (χ2n) is 8.62. The van der Waals surface area contributed by atoms with Crippen molar-refractivity contribution >= 4 is 45.6 Å². The van der Waals surface area contributed by atoms with Crippen LogP contribution in [0.15, 0.2) is 66.1 Å². The average molecular weight is 563 g/mol. The Hall–Kier alpha value is -3.75. The van der Waals surface area contributed by atoms with Crippen LogP contribution < -0.4 is 9.88 Å². The lowest BCUT2D eigenvalue weighted by atomic mass is 10.0. The average Bonchev–Trinajstić information content (AvgIpc) is 2.86. The molecule has 2 aromatic rings. The number of amides is 2. The van der Waals surface area contributed by atoms with Gasteiger partial charge in [0.2, 0.25) is 5.91 Å². The predicted molar refractivity (Wildman–Crippen MR) is 133 cm³/mol. The van der Waals surface area contributed by atoms with Gasteiger partial charge in [0.1, 0.15) is 23.7 Å². The third-order valence-electron chi connectivity index (χ3n) is 5.96. The Bertz CT molecular complexity index is 1410. The molecule has 0 radical (unpaired) electrons. The third-order valence-corrected chi connectivity index (χ3v) is 8.38. The van der Waals surface area contributed by atoms with Crippen molar-refractivity contribution in [2.24, 2.45) is 0 Å². The molecule has 2 aliphatic heterocycles. The van der Waals surface area contributed by atoms with Crippen LogP contribution in [-0.4, -0.2) is 70.5 Å². The number of β-lactam (4-membered cyclic amide) rings is 1. The summed E-state index contributed by atoms with van der Waals surface area (Å²) in [5.74, 6) is -3.80. The molecule has 0 bridgehead atoms. The van der Waals surface area contributed by atoms with Crippen molar-refractivity contribution in [1.82, 2.24) is 10.2 Å². The molecule has 38 heavy (non-hydrogen) atoms. The number of hydrogen-bond acceptors (Lipinski definition) is 8. The molecule has 12 nitrogen and oxygen atoms in total. The van der Waals surface area contributed by atoms with Crippen LogP contribution in [0.25, 0.3) is 0 Å². The molecule has 14 heteroatoms. The van der Waals surface area contributed by atoms with E-state index in [-0.39, 0.29) is 29.2 Å². The van der Waals surface area contributed by atoms with Crippen LogP contribution in [0.4, 0.5) is 0 Å². The Kier molecular flexibility index (Phi) is 7.85. The fraction of sp³-hybridized carbons (Fsp3) is 0.292. The minimum atomic E-state index is -4.91. The van der Waals surface area contributed by atoms with Crippen molar-refractivity contribution in [2.75, 3.05) is 12.4 Å². The van der Waals surface area contributed by atoms with Gasteiger partial charge < -0.3 is 15.2 Å². The van der Waals surface area contributed by atoms with Gasteiger partial charge in [0, 0.05) is 35.9 Å². The molecule has 2 amide bonds. The summed E-state index contributed by atoms with van der Waals surface area (Å²) in [5.41, 5.74) is 0.697. The van der Waals surface area contributed by atoms with Crippen molar-refractivity contribution in [3.8, 4) is 0 Å². The molecular formula is C24H24N3O9S2+. The van der Waals surface area contributed by atoms with Crippen LogP contribution in [0.1, 0.15) is 23.3 Å². The Labute approximate surface area is 222 Å².